The molecule has 150 valence electrons. The van der Waals surface area contributed by atoms with Gasteiger partial charge in [0.2, 0.25) is 5.91 Å². The summed E-state index contributed by atoms with van der Waals surface area (Å²) in [5.74, 6) is 0.419. The molecule has 0 radical (unpaired) electrons. The van der Waals surface area contributed by atoms with Crippen LogP contribution in [0.25, 0.3) is 21.9 Å². The zero-order valence-electron chi connectivity index (χ0n) is 16.0. The molecule has 2 aromatic carbocycles. The van der Waals surface area contributed by atoms with Crippen molar-refractivity contribution in [2.45, 2.75) is 25.0 Å². The summed E-state index contributed by atoms with van der Waals surface area (Å²) in [6, 6.07) is 11.4. The van der Waals surface area contributed by atoms with Gasteiger partial charge in [-0.15, -0.1) is 5.10 Å². The number of aromatic nitrogens is 3. The number of furan rings is 1. The summed E-state index contributed by atoms with van der Waals surface area (Å²) in [6.45, 7) is 2.52. The molecule has 1 amide bonds. The van der Waals surface area contributed by atoms with Gasteiger partial charge >= 0.3 is 5.69 Å². The molecule has 0 fully saturated rings. The maximum atomic E-state index is 12.5. The van der Waals surface area contributed by atoms with Gasteiger partial charge in [0.05, 0.1) is 18.6 Å². The van der Waals surface area contributed by atoms with E-state index < -0.39 is 0 Å². The minimum atomic E-state index is -0.272. The molecule has 0 unspecified atom stereocenters. The number of benzene rings is 2. The Balaban J connectivity index is 1.54. The number of H-pyrrole nitrogens is 1. The first-order chi connectivity index (χ1) is 14.1. The molecular formula is C20H20N4O4S. The number of hydrogen-bond acceptors (Lipinski definition) is 6. The van der Waals surface area contributed by atoms with Gasteiger partial charge in [-0.1, -0.05) is 36.9 Å². The maximum absolute atomic E-state index is 12.5. The summed E-state index contributed by atoms with van der Waals surface area (Å²) in [5, 5.41) is 11.7. The Morgan fingerprint density at radius 1 is 1.28 bits per heavy atom. The molecule has 4 aromatic rings. The molecule has 0 saturated carbocycles. The fraction of sp³-hybridized carbons (Fsp3) is 0.250. The summed E-state index contributed by atoms with van der Waals surface area (Å²) >= 11 is 1.20. The van der Waals surface area contributed by atoms with Crippen molar-refractivity contribution in [2.75, 3.05) is 18.2 Å². The van der Waals surface area contributed by atoms with Crippen LogP contribution >= 0.6 is 11.8 Å². The summed E-state index contributed by atoms with van der Waals surface area (Å²) < 4.78 is 12.9. The predicted molar refractivity (Wildman–Crippen MR) is 113 cm³/mol. The van der Waals surface area contributed by atoms with Crippen LogP contribution in [-0.4, -0.2) is 33.5 Å². The minimum Gasteiger partial charge on any atom is -0.495 e. The second-order valence-corrected chi connectivity index (χ2v) is 7.39. The van der Waals surface area contributed by atoms with E-state index in [2.05, 4.69) is 15.5 Å². The Bertz CT molecular complexity index is 1240. The molecule has 0 atom stereocenters. The highest BCUT2D eigenvalue weighted by molar-refractivity contribution is 7.99. The van der Waals surface area contributed by atoms with E-state index in [1.807, 2.05) is 37.3 Å². The third kappa shape index (κ3) is 3.73. The minimum absolute atomic E-state index is 0.106. The lowest BCUT2D eigenvalue weighted by atomic mass is 10.1. The van der Waals surface area contributed by atoms with Gasteiger partial charge in [-0.25, -0.2) is 9.89 Å². The monoisotopic (exact) mass is 412 g/mol. The Kier molecular flexibility index (Phi) is 5.30. The van der Waals surface area contributed by atoms with Crippen molar-refractivity contribution in [1.82, 2.24) is 14.8 Å². The number of carbonyl (C=O) groups excluding carboxylic acids is 1. The number of para-hydroxylation sites is 1. The maximum Gasteiger partial charge on any atom is 0.343 e. The van der Waals surface area contributed by atoms with Gasteiger partial charge in [-0.2, -0.15) is 0 Å². The van der Waals surface area contributed by atoms with Crippen molar-refractivity contribution in [3.63, 3.8) is 0 Å². The van der Waals surface area contributed by atoms with E-state index in [4.69, 9.17) is 9.15 Å². The summed E-state index contributed by atoms with van der Waals surface area (Å²) in [4.78, 5) is 24.2. The Morgan fingerprint density at radius 2 is 2.10 bits per heavy atom. The highest BCUT2D eigenvalue weighted by Crippen LogP contribution is 2.36. The Labute approximate surface area is 170 Å². The van der Waals surface area contributed by atoms with Gasteiger partial charge < -0.3 is 14.5 Å². The fourth-order valence-corrected chi connectivity index (χ4v) is 3.94. The molecule has 0 aliphatic heterocycles. The van der Waals surface area contributed by atoms with E-state index in [9.17, 15) is 9.59 Å². The number of fused-ring (bicyclic) bond motifs is 3. The zero-order chi connectivity index (χ0) is 20.4. The van der Waals surface area contributed by atoms with Crippen molar-refractivity contribution in [1.29, 1.82) is 0 Å². The summed E-state index contributed by atoms with van der Waals surface area (Å²) in [7, 11) is 1.56. The highest BCUT2D eigenvalue weighted by Gasteiger charge is 2.15. The number of anilines is 1. The van der Waals surface area contributed by atoms with E-state index in [0.29, 0.717) is 28.7 Å². The van der Waals surface area contributed by atoms with Gasteiger partial charge in [0.1, 0.15) is 16.9 Å². The lowest BCUT2D eigenvalue weighted by Crippen LogP contribution is -2.18. The van der Waals surface area contributed by atoms with Crippen LogP contribution in [0.4, 0.5) is 5.69 Å². The van der Waals surface area contributed by atoms with Crippen molar-refractivity contribution in [3.8, 4) is 5.75 Å². The molecular weight excluding hydrogens is 392 g/mol. The molecule has 0 spiro atoms. The number of hydrogen-bond donors (Lipinski definition) is 2. The number of ether oxygens (including phenoxy) is 1. The van der Waals surface area contributed by atoms with Gasteiger partial charge in [0.15, 0.2) is 5.16 Å². The Morgan fingerprint density at radius 3 is 2.90 bits per heavy atom. The van der Waals surface area contributed by atoms with Gasteiger partial charge in [0, 0.05) is 23.4 Å². The molecule has 2 heterocycles. The van der Waals surface area contributed by atoms with E-state index in [1.54, 1.807) is 13.2 Å². The number of nitrogens with zero attached hydrogens (tertiary/aromatic N) is 2. The molecule has 2 N–H and O–H groups in total. The van der Waals surface area contributed by atoms with Crippen LogP contribution in [0.5, 0.6) is 5.75 Å². The predicted octanol–water partition coefficient (Wildman–Crippen LogP) is 3.62. The number of nitrogens with one attached hydrogen (secondary N) is 2. The molecule has 8 nitrogen and oxygen atoms in total. The number of amides is 1. The van der Waals surface area contributed by atoms with Gasteiger partial charge in [-0.3, -0.25) is 9.36 Å². The number of thioether (sulfide) groups is 1. The molecule has 0 saturated heterocycles. The van der Waals surface area contributed by atoms with Crippen molar-refractivity contribution in [3.05, 3.63) is 46.9 Å². The van der Waals surface area contributed by atoms with Crippen LogP contribution in [0, 0.1) is 0 Å². The molecule has 29 heavy (non-hydrogen) atoms. The van der Waals surface area contributed by atoms with Crippen molar-refractivity contribution < 1.29 is 13.9 Å². The fourth-order valence-electron chi connectivity index (χ4n) is 3.17. The average Bonchev–Trinajstić information content (AvgIpc) is 3.26. The molecule has 0 aliphatic carbocycles. The third-order valence-corrected chi connectivity index (χ3v) is 5.45. The molecule has 2 aromatic heterocycles. The summed E-state index contributed by atoms with van der Waals surface area (Å²) in [6.07, 6.45) is 0.800. The number of rotatable bonds is 7. The number of methoxy groups -OCH3 is 1. The van der Waals surface area contributed by atoms with E-state index >= 15 is 0 Å². The lowest BCUT2D eigenvalue weighted by molar-refractivity contribution is -0.113. The van der Waals surface area contributed by atoms with Gasteiger partial charge in [-0.05, 0) is 18.6 Å². The van der Waals surface area contributed by atoms with Crippen LogP contribution in [0.2, 0.25) is 0 Å². The average molecular weight is 412 g/mol. The molecule has 0 aliphatic rings. The first kappa shape index (κ1) is 19.1. The smallest absolute Gasteiger partial charge is 0.343 e. The molecule has 0 bridgehead atoms. The topological polar surface area (TPSA) is 102 Å². The van der Waals surface area contributed by atoms with Gasteiger partial charge in [0.25, 0.3) is 0 Å². The zero-order valence-corrected chi connectivity index (χ0v) is 16.8. The molecule has 9 heteroatoms. The van der Waals surface area contributed by atoms with Crippen LogP contribution < -0.4 is 15.7 Å². The number of aromatic amines is 1. The first-order valence-corrected chi connectivity index (χ1v) is 10.2. The van der Waals surface area contributed by atoms with E-state index in [1.165, 1.54) is 16.3 Å². The second kappa shape index (κ2) is 8.04. The van der Waals surface area contributed by atoms with E-state index in [0.717, 1.165) is 22.8 Å². The summed E-state index contributed by atoms with van der Waals surface area (Å²) in [5.41, 5.74) is 1.69. The van der Waals surface area contributed by atoms with Crippen LogP contribution in [-0.2, 0) is 11.3 Å². The first-order valence-electron chi connectivity index (χ1n) is 9.18. The second-order valence-electron chi connectivity index (χ2n) is 6.45. The van der Waals surface area contributed by atoms with Crippen molar-refractivity contribution in [2.24, 2.45) is 0 Å². The lowest BCUT2D eigenvalue weighted by Gasteiger charge is -2.10. The standard InChI is InChI=1S/C20H20N4O4S/c1-3-8-24-19(26)22-23-20(24)29-11-18(25)21-14-10-16-13(9-17(14)27-2)12-6-4-5-7-15(12)28-16/h4-7,9-10H,3,8,11H2,1-2H3,(H,21,25)(H,22,26). The van der Waals surface area contributed by atoms with Crippen LogP contribution in [0.1, 0.15) is 13.3 Å². The third-order valence-electron chi connectivity index (χ3n) is 4.48. The largest absolute Gasteiger partial charge is 0.495 e. The van der Waals surface area contributed by atoms with Crippen LogP contribution in [0.3, 0.4) is 0 Å². The van der Waals surface area contributed by atoms with E-state index in [-0.39, 0.29) is 17.3 Å². The van der Waals surface area contributed by atoms with Crippen LogP contribution in [0.15, 0.2) is 50.8 Å². The molecule has 4 rings (SSSR count). The SMILES string of the molecule is CCCn1c(SCC(=O)Nc2cc3oc4ccccc4c3cc2OC)n[nH]c1=O. The number of carbonyl (C=O) groups is 1. The Hall–Kier alpha value is -3.20. The normalized spacial score (nSPS) is 11.2. The van der Waals surface area contributed by atoms with Crippen molar-refractivity contribution >= 4 is 45.3 Å². The quantitative estimate of drug-likeness (QED) is 0.450. The highest BCUT2D eigenvalue weighted by atomic mass is 32.2.